The van der Waals surface area contributed by atoms with Gasteiger partial charge in [-0.15, -0.1) is 0 Å². The molecule has 0 unspecified atom stereocenters. The molecule has 0 fully saturated rings. The molecule has 5 rings (SSSR count). The number of carbonyl (C=O) groups is 1. The predicted octanol–water partition coefficient (Wildman–Crippen LogP) is 6.72. The molecule has 1 aromatic heterocycles. The molecule has 0 radical (unpaired) electrons. The predicted molar refractivity (Wildman–Crippen MR) is 157 cm³/mol. The van der Waals surface area contributed by atoms with Crippen molar-refractivity contribution in [3.05, 3.63) is 93.9 Å². The fourth-order valence-corrected chi connectivity index (χ4v) is 5.27. The van der Waals surface area contributed by atoms with Crippen LogP contribution in [0.2, 0.25) is 5.02 Å². The van der Waals surface area contributed by atoms with E-state index in [0.717, 1.165) is 58.0 Å². The minimum Gasteiger partial charge on any atom is -0.491 e. The van der Waals surface area contributed by atoms with Crippen molar-refractivity contribution >= 4 is 23.3 Å². The molecule has 0 atom stereocenters. The largest absolute Gasteiger partial charge is 0.491 e. The highest BCUT2D eigenvalue weighted by Gasteiger charge is 2.28. The molecule has 1 aliphatic rings. The summed E-state index contributed by atoms with van der Waals surface area (Å²) in [6.45, 7) is 8.93. The second kappa shape index (κ2) is 11.7. The zero-order valence-electron chi connectivity index (χ0n) is 22.9. The van der Waals surface area contributed by atoms with Gasteiger partial charge >= 0.3 is 6.03 Å². The van der Waals surface area contributed by atoms with Gasteiger partial charge in [0, 0.05) is 47.9 Å². The molecule has 7 nitrogen and oxygen atoms in total. The van der Waals surface area contributed by atoms with Crippen LogP contribution in [0.3, 0.4) is 0 Å². The molecule has 1 aliphatic heterocycles. The fraction of sp³-hybridized carbons (Fsp3) is 0.290. The number of urea groups is 1. The number of aromatic nitrogens is 2. The normalized spacial score (nSPS) is 13.3. The number of nitrogens with two attached hydrogens (primary N) is 1. The Kier molecular flexibility index (Phi) is 8.09. The lowest BCUT2D eigenvalue weighted by atomic mass is 9.99. The van der Waals surface area contributed by atoms with Crippen molar-refractivity contribution in [2.45, 2.75) is 40.3 Å². The summed E-state index contributed by atoms with van der Waals surface area (Å²) in [5.41, 5.74) is 12.8. The maximum atomic E-state index is 13.6. The molecule has 0 saturated heterocycles. The summed E-state index contributed by atoms with van der Waals surface area (Å²) in [7, 11) is 0. The van der Waals surface area contributed by atoms with E-state index in [-0.39, 0.29) is 5.82 Å². The number of rotatable bonds is 8. The van der Waals surface area contributed by atoms with Gasteiger partial charge in [0.25, 0.3) is 0 Å². The Bertz CT molecular complexity index is 1530. The van der Waals surface area contributed by atoms with Crippen LogP contribution in [0.25, 0.3) is 16.9 Å². The Balaban J connectivity index is 1.59. The van der Waals surface area contributed by atoms with E-state index in [4.69, 9.17) is 27.2 Å². The second-order valence-electron chi connectivity index (χ2n) is 10.6. The van der Waals surface area contributed by atoms with E-state index < -0.39 is 6.03 Å². The monoisotopic (exact) mass is 561 g/mol. The highest BCUT2D eigenvalue weighted by atomic mass is 35.5. The van der Waals surface area contributed by atoms with Gasteiger partial charge in [0.1, 0.15) is 17.3 Å². The highest BCUT2D eigenvalue weighted by Crippen LogP contribution is 2.37. The first kappa shape index (κ1) is 27.7. The average Bonchev–Trinajstić information content (AvgIpc) is 3.27. The number of aryl methyl sites for hydroxylation is 1. The minimum absolute atomic E-state index is 0.346. The van der Waals surface area contributed by atoms with Crippen LogP contribution in [0.15, 0.2) is 60.7 Å². The highest BCUT2D eigenvalue weighted by molar-refractivity contribution is 6.31. The zero-order valence-corrected chi connectivity index (χ0v) is 23.6. The van der Waals surface area contributed by atoms with Crippen molar-refractivity contribution in [2.75, 3.05) is 18.5 Å². The Labute approximate surface area is 238 Å². The van der Waals surface area contributed by atoms with Gasteiger partial charge in [-0.1, -0.05) is 55.8 Å². The van der Waals surface area contributed by atoms with Crippen LogP contribution < -0.4 is 15.8 Å². The molecular weight excluding hydrogens is 529 g/mol. The number of fused-ring (bicyclic) bond motifs is 1. The number of hydrogen-bond acceptors (Lipinski definition) is 4. The molecule has 0 bridgehead atoms. The van der Waals surface area contributed by atoms with E-state index in [9.17, 15) is 9.18 Å². The van der Waals surface area contributed by atoms with E-state index in [2.05, 4.69) is 37.1 Å². The lowest BCUT2D eigenvalue weighted by molar-refractivity contribution is 0.245. The number of amides is 2. The van der Waals surface area contributed by atoms with Crippen molar-refractivity contribution in [2.24, 2.45) is 11.7 Å². The molecule has 40 heavy (non-hydrogen) atoms. The van der Waals surface area contributed by atoms with Gasteiger partial charge in [-0.3, -0.25) is 4.90 Å². The van der Waals surface area contributed by atoms with E-state index in [1.165, 1.54) is 12.1 Å². The van der Waals surface area contributed by atoms with Gasteiger partial charge in [-0.2, -0.15) is 5.10 Å². The van der Waals surface area contributed by atoms with E-state index >= 15 is 0 Å². The number of nitrogens with zero attached hydrogens (tertiary/aromatic N) is 3. The summed E-state index contributed by atoms with van der Waals surface area (Å²) in [6, 6.07) is 17.5. The molecule has 0 spiro atoms. The van der Waals surface area contributed by atoms with Crippen molar-refractivity contribution in [1.82, 2.24) is 14.7 Å². The molecule has 3 N–H and O–H groups in total. The summed E-state index contributed by atoms with van der Waals surface area (Å²) < 4.78 is 21.9. The van der Waals surface area contributed by atoms with Gasteiger partial charge in [-0.05, 0) is 54.3 Å². The maximum Gasteiger partial charge on any atom is 0.316 e. The molecule has 2 heterocycles. The minimum atomic E-state index is -0.614. The molecule has 208 valence electrons. The Morgan fingerprint density at radius 1 is 1.18 bits per heavy atom. The standard InChI is InChI=1S/C31H33ClFN5O2/c1-19(2)18-40-28-6-4-5-20(3)29(28)38-30(21-8-11-24(12-9-21)35-31(34)39)25-17-37(14-13-27(25)36-38)16-22-7-10-23(33)15-26(22)32/h4-12,15,19H,13-14,16-18H2,1-3H3,(H3,34,35,39). The van der Waals surface area contributed by atoms with Crippen LogP contribution >= 0.6 is 11.6 Å². The number of ether oxygens (including phenoxy) is 1. The maximum absolute atomic E-state index is 13.6. The van der Waals surface area contributed by atoms with Crippen LogP contribution in [0, 0.1) is 18.7 Å². The molecule has 0 aliphatic carbocycles. The Hall–Kier alpha value is -3.88. The molecule has 0 saturated carbocycles. The Morgan fingerprint density at radius 3 is 2.65 bits per heavy atom. The lowest BCUT2D eigenvalue weighted by Crippen LogP contribution is -2.30. The number of nitrogens with one attached hydrogen (secondary N) is 1. The van der Waals surface area contributed by atoms with Gasteiger partial charge in [-0.25, -0.2) is 13.9 Å². The summed E-state index contributed by atoms with van der Waals surface area (Å²) in [6.07, 6.45) is 0.753. The van der Waals surface area contributed by atoms with Crippen LogP contribution in [0.1, 0.15) is 36.2 Å². The Morgan fingerprint density at radius 2 is 1.95 bits per heavy atom. The van der Waals surface area contributed by atoms with Gasteiger partial charge < -0.3 is 15.8 Å². The third kappa shape index (κ3) is 5.98. The molecule has 3 aromatic carbocycles. The van der Waals surface area contributed by atoms with Crippen molar-refractivity contribution in [1.29, 1.82) is 0 Å². The van der Waals surface area contributed by atoms with E-state index in [1.54, 1.807) is 6.07 Å². The van der Waals surface area contributed by atoms with Crippen LogP contribution in [-0.2, 0) is 19.5 Å². The number of para-hydroxylation sites is 1. The first-order chi connectivity index (χ1) is 19.2. The molecular formula is C31H33ClFN5O2. The van der Waals surface area contributed by atoms with Gasteiger partial charge in [0.15, 0.2) is 0 Å². The first-order valence-corrected chi connectivity index (χ1v) is 13.7. The van der Waals surface area contributed by atoms with E-state index in [0.29, 0.717) is 36.3 Å². The molecule has 9 heteroatoms. The number of hydrogen-bond donors (Lipinski definition) is 2. The summed E-state index contributed by atoms with van der Waals surface area (Å²) >= 11 is 6.36. The molecule has 4 aromatic rings. The van der Waals surface area contributed by atoms with Crippen LogP contribution in [-0.4, -0.2) is 33.9 Å². The molecule has 2 amide bonds. The topological polar surface area (TPSA) is 85.4 Å². The van der Waals surface area contributed by atoms with Crippen molar-refractivity contribution in [3.8, 4) is 22.7 Å². The number of primary amides is 1. The number of benzene rings is 3. The summed E-state index contributed by atoms with van der Waals surface area (Å²) in [5.74, 6) is 0.800. The first-order valence-electron chi connectivity index (χ1n) is 13.4. The van der Waals surface area contributed by atoms with E-state index in [1.807, 2.05) is 41.1 Å². The lowest BCUT2D eigenvalue weighted by Gasteiger charge is -2.27. The van der Waals surface area contributed by atoms with Crippen LogP contribution in [0.4, 0.5) is 14.9 Å². The van der Waals surface area contributed by atoms with Crippen molar-refractivity contribution < 1.29 is 13.9 Å². The average molecular weight is 562 g/mol. The van der Waals surface area contributed by atoms with Crippen LogP contribution in [0.5, 0.6) is 5.75 Å². The number of carbonyl (C=O) groups excluding carboxylic acids is 1. The SMILES string of the molecule is Cc1cccc(OCC(C)C)c1-n1nc2c(c1-c1ccc(NC(N)=O)cc1)CN(Cc1ccc(F)cc1Cl)CC2. The zero-order chi connectivity index (χ0) is 28.4. The van der Waals surface area contributed by atoms with Gasteiger partial charge in [0.05, 0.1) is 18.0 Å². The summed E-state index contributed by atoms with van der Waals surface area (Å²) in [5, 5.41) is 8.18. The third-order valence-electron chi connectivity index (χ3n) is 6.93. The number of halogens is 2. The quantitative estimate of drug-likeness (QED) is 0.250. The third-order valence-corrected chi connectivity index (χ3v) is 7.28. The summed E-state index contributed by atoms with van der Waals surface area (Å²) in [4.78, 5) is 13.7. The second-order valence-corrected chi connectivity index (χ2v) is 11.0. The van der Waals surface area contributed by atoms with Crippen molar-refractivity contribution in [3.63, 3.8) is 0 Å². The fourth-order valence-electron chi connectivity index (χ4n) is 5.04. The van der Waals surface area contributed by atoms with Gasteiger partial charge in [0.2, 0.25) is 0 Å². The number of anilines is 1. The smallest absolute Gasteiger partial charge is 0.316 e.